The normalized spacial score (nSPS) is 12.1. The number of nitro groups is 1. The minimum absolute atomic E-state index is 0.161. The van der Waals surface area contributed by atoms with Crippen molar-refractivity contribution < 1.29 is 9.66 Å². The molecule has 0 radical (unpaired) electrons. The van der Waals surface area contributed by atoms with E-state index in [2.05, 4.69) is 10.1 Å². The van der Waals surface area contributed by atoms with Crippen molar-refractivity contribution in [2.45, 2.75) is 6.92 Å². The van der Waals surface area contributed by atoms with Gasteiger partial charge in [0.05, 0.1) is 21.7 Å². The molecule has 0 saturated carbocycles. The van der Waals surface area contributed by atoms with Gasteiger partial charge >= 0.3 is 5.69 Å². The van der Waals surface area contributed by atoms with Crippen molar-refractivity contribution in [3.05, 3.63) is 114 Å². The minimum Gasteiger partial charge on any atom is -0.487 e. The van der Waals surface area contributed by atoms with E-state index in [1.54, 1.807) is 53.4 Å². The Morgan fingerprint density at radius 3 is 2.65 bits per heavy atom. The van der Waals surface area contributed by atoms with Gasteiger partial charge in [0.15, 0.2) is 11.6 Å². The molecule has 4 aromatic heterocycles. The second kappa shape index (κ2) is 10.7. The summed E-state index contributed by atoms with van der Waals surface area (Å²) in [6.07, 6.45) is 7.18. The van der Waals surface area contributed by atoms with E-state index < -0.39 is 4.92 Å². The molecule has 6 rings (SSSR count). The van der Waals surface area contributed by atoms with E-state index in [9.17, 15) is 14.9 Å². The first-order valence-electron chi connectivity index (χ1n) is 12.2. The highest BCUT2D eigenvalue weighted by atomic mass is 32.1. The van der Waals surface area contributed by atoms with Crippen molar-refractivity contribution in [2.24, 2.45) is 0 Å². The lowest BCUT2D eigenvalue weighted by Crippen LogP contribution is -2.23. The van der Waals surface area contributed by atoms with Crippen LogP contribution >= 0.6 is 22.7 Å². The second-order valence-electron chi connectivity index (χ2n) is 8.51. The molecule has 0 N–H and O–H groups in total. The molecule has 0 aliphatic rings. The van der Waals surface area contributed by atoms with E-state index in [4.69, 9.17) is 9.84 Å². The van der Waals surface area contributed by atoms with E-state index in [-0.39, 0.29) is 17.0 Å². The maximum Gasteiger partial charge on any atom is 0.311 e. The Hall–Kier alpha value is -4.94. The Balaban J connectivity index is 1.46. The Morgan fingerprint density at radius 1 is 1.07 bits per heavy atom. The summed E-state index contributed by atoms with van der Waals surface area (Å²) in [5.74, 6) is 0.628. The molecule has 198 valence electrons. The van der Waals surface area contributed by atoms with Gasteiger partial charge in [0, 0.05) is 28.3 Å². The lowest BCUT2D eigenvalue weighted by molar-refractivity contribution is -0.385. The fraction of sp³-hybridized carbons (Fsp3) is 0.0714. The maximum atomic E-state index is 13.2. The molecule has 0 amide bonds. The Labute approximate surface area is 234 Å². The van der Waals surface area contributed by atoms with Gasteiger partial charge in [-0.05, 0) is 60.9 Å². The summed E-state index contributed by atoms with van der Waals surface area (Å²) in [6, 6.07) is 18.1. The average Bonchev–Trinajstić information content (AvgIpc) is 3.75. The summed E-state index contributed by atoms with van der Waals surface area (Å²) in [5, 5.41) is 22.8. The van der Waals surface area contributed by atoms with Crippen LogP contribution in [0.2, 0.25) is 0 Å². The van der Waals surface area contributed by atoms with E-state index in [1.807, 2.05) is 53.9 Å². The van der Waals surface area contributed by atoms with Gasteiger partial charge in [0.25, 0.3) is 5.56 Å². The number of thiazole rings is 1. The summed E-state index contributed by atoms with van der Waals surface area (Å²) < 4.78 is 8.82. The standard InChI is InChI=1S/C28H20N6O4S2/c1-2-38-23-12-10-18(15-22(23)34(36)37)26-19(17-32(31-26)20-7-4-3-5-8-20)16-24-27(35)33-28(40-24)29-25(30-33)13-11-21-9-6-14-39-21/h3-17H,2H2,1H3/b13-11+,24-16-. The van der Waals surface area contributed by atoms with E-state index in [0.717, 1.165) is 10.6 Å². The van der Waals surface area contributed by atoms with Gasteiger partial charge in [-0.25, -0.2) is 4.68 Å². The van der Waals surface area contributed by atoms with Crippen molar-refractivity contribution in [1.82, 2.24) is 24.4 Å². The Morgan fingerprint density at radius 2 is 1.93 bits per heavy atom. The van der Waals surface area contributed by atoms with Crippen LogP contribution in [0, 0.1) is 10.1 Å². The number of hydrogen-bond donors (Lipinski definition) is 0. The van der Waals surface area contributed by atoms with Crippen molar-refractivity contribution in [2.75, 3.05) is 6.61 Å². The van der Waals surface area contributed by atoms with Gasteiger partial charge in [-0.1, -0.05) is 35.6 Å². The molecular weight excluding hydrogens is 548 g/mol. The summed E-state index contributed by atoms with van der Waals surface area (Å²) in [6.45, 7) is 2.07. The molecule has 0 saturated heterocycles. The molecular formula is C28H20N6O4S2. The SMILES string of the molecule is CCOc1ccc(-c2nn(-c3ccccc3)cc2/C=c2\sc3nc(/C=C/c4cccs4)nn3c2=O)cc1[N+](=O)[O-]. The molecule has 0 bridgehead atoms. The van der Waals surface area contributed by atoms with E-state index in [1.165, 1.54) is 21.9 Å². The van der Waals surface area contributed by atoms with Gasteiger partial charge in [0.1, 0.15) is 5.69 Å². The Bertz CT molecular complexity index is 1970. The van der Waals surface area contributed by atoms with Crippen LogP contribution in [0.25, 0.3) is 40.1 Å². The largest absolute Gasteiger partial charge is 0.487 e. The summed E-state index contributed by atoms with van der Waals surface area (Å²) in [4.78, 5) is 30.6. The van der Waals surface area contributed by atoms with Crippen LogP contribution in [0.4, 0.5) is 5.69 Å². The number of para-hydroxylation sites is 1. The van der Waals surface area contributed by atoms with Crippen molar-refractivity contribution >= 4 is 51.5 Å². The van der Waals surface area contributed by atoms with Crippen LogP contribution in [0.3, 0.4) is 0 Å². The van der Waals surface area contributed by atoms with Crippen LogP contribution in [0.1, 0.15) is 23.2 Å². The Kier molecular flexibility index (Phi) is 6.76. The van der Waals surface area contributed by atoms with Gasteiger partial charge in [-0.15, -0.1) is 16.4 Å². The molecule has 6 aromatic rings. The zero-order valence-corrected chi connectivity index (χ0v) is 22.6. The third-order valence-electron chi connectivity index (χ3n) is 5.92. The summed E-state index contributed by atoms with van der Waals surface area (Å²) >= 11 is 2.81. The monoisotopic (exact) mass is 568 g/mol. The maximum absolute atomic E-state index is 13.2. The first-order chi connectivity index (χ1) is 19.5. The lowest BCUT2D eigenvalue weighted by atomic mass is 10.1. The molecule has 40 heavy (non-hydrogen) atoms. The number of ether oxygens (including phenoxy) is 1. The van der Waals surface area contributed by atoms with Crippen LogP contribution < -0.4 is 14.8 Å². The van der Waals surface area contributed by atoms with Crippen molar-refractivity contribution in [3.8, 4) is 22.7 Å². The van der Waals surface area contributed by atoms with Crippen LogP contribution in [0.5, 0.6) is 5.75 Å². The van der Waals surface area contributed by atoms with Gasteiger partial charge < -0.3 is 4.74 Å². The topological polar surface area (TPSA) is 117 Å². The zero-order valence-electron chi connectivity index (χ0n) is 21.0. The number of hydrogen-bond acceptors (Lipinski definition) is 9. The van der Waals surface area contributed by atoms with Crippen molar-refractivity contribution in [3.63, 3.8) is 0 Å². The number of benzene rings is 2. The smallest absolute Gasteiger partial charge is 0.311 e. The van der Waals surface area contributed by atoms with Crippen molar-refractivity contribution in [1.29, 1.82) is 0 Å². The molecule has 12 heteroatoms. The molecule has 0 unspecified atom stereocenters. The molecule has 0 aliphatic heterocycles. The quantitative estimate of drug-likeness (QED) is 0.185. The highest BCUT2D eigenvalue weighted by molar-refractivity contribution is 7.15. The van der Waals surface area contributed by atoms with Crippen LogP contribution in [-0.2, 0) is 0 Å². The predicted molar refractivity (Wildman–Crippen MR) is 156 cm³/mol. The predicted octanol–water partition coefficient (Wildman–Crippen LogP) is 5.09. The summed E-state index contributed by atoms with van der Waals surface area (Å²) in [7, 11) is 0. The highest BCUT2D eigenvalue weighted by Gasteiger charge is 2.20. The molecule has 2 aromatic carbocycles. The van der Waals surface area contributed by atoms with Crippen LogP contribution in [0.15, 0.2) is 77.0 Å². The number of fused-ring (bicyclic) bond motifs is 1. The number of nitro benzene ring substituents is 1. The van der Waals surface area contributed by atoms with Gasteiger partial charge in [0.2, 0.25) is 4.96 Å². The van der Waals surface area contributed by atoms with Gasteiger partial charge in [-0.3, -0.25) is 14.9 Å². The average molecular weight is 569 g/mol. The number of aromatic nitrogens is 5. The van der Waals surface area contributed by atoms with Crippen LogP contribution in [-0.4, -0.2) is 35.9 Å². The molecule has 0 atom stereocenters. The number of thiophene rings is 1. The molecule has 0 fully saturated rings. The summed E-state index contributed by atoms with van der Waals surface area (Å²) in [5.41, 5.74) is 1.94. The molecule has 10 nitrogen and oxygen atoms in total. The second-order valence-corrected chi connectivity index (χ2v) is 10.5. The molecule has 4 heterocycles. The highest BCUT2D eigenvalue weighted by Crippen LogP contribution is 2.34. The fourth-order valence-corrected chi connectivity index (χ4v) is 5.64. The third-order valence-corrected chi connectivity index (χ3v) is 7.71. The number of rotatable bonds is 8. The fourth-order valence-electron chi connectivity index (χ4n) is 4.12. The first-order valence-corrected chi connectivity index (χ1v) is 13.9. The van der Waals surface area contributed by atoms with Gasteiger partial charge in [-0.2, -0.15) is 14.6 Å². The van der Waals surface area contributed by atoms with E-state index in [0.29, 0.717) is 38.7 Å². The third kappa shape index (κ3) is 4.93. The molecule has 0 aliphatic carbocycles. The molecule has 0 spiro atoms. The zero-order chi connectivity index (χ0) is 27.6. The first kappa shape index (κ1) is 25.3. The lowest BCUT2D eigenvalue weighted by Gasteiger charge is -2.06. The van der Waals surface area contributed by atoms with E-state index >= 15 is 0 Å². The minimum atomic E-state index is -0.480. The number of nitrogens with zero attached hydrogens (tertiary/aromatic N) is 6.